The maximum absolute atomic E-state index is 13.4. The van der Waals surface area contributed by atoms with Gasteiger partial charge in [-0.3, -0.25) is 14.6 Å². The van der Waals surface area contributed by atoms with E-state index in [0.29, 0.717) is 39.5 Å². The number of hydrogen-bond donors (Lipinski definition) is 0. The molecule has 184 valence electrons. The number of rotatable bonds is 8. The fourth-order valence-electron chi connectivity index (χ4n) is 4.07. The van der Waals surface area contributed by atoms with Crippen LogP contribution in [0.5, 0.6) is 17.2 Å². The molecule has 1 fully saturated rings. The number of aromatic nitrogens is 1. The second-order valence-electron chi connectivity index (χ2n) is 8.17. The normalized spacial score (nSPS) is 15.7. The summed E-state index contributed by atoms with van der Waals surface area (Å²) < 4.78 is 22.5. The maximum Gasteiger partial charge on any atom is 0.252 e. The minimum atomic E-state index is -0.154. The zero-order valence-electron chi connectivity index (χ0n) is 19.4. The van der Waals surface area contributed by atoms with Crippen LogP contribution in [0, 0.1) is 0 Å². The lowest BCUT2D eigenvalue weighted by atomic mass is 10.2. The Bertz CT molecular complexity index is 1240. The molecule has 2 aromatic carbocycles. The fourth-order valence-corrected chi connectivity index (χ4v) is 5.36. The number of nitrogens with zero attached hydrogens (tertiary/aromatic N) is 3. The Labute approximate surface area is 212 Å². The van der Waals surface area contributed by atoms with Crippen molar-refractivity contribution < 1.29 is 23.7 Å². The molecule has 0 saturated carbocycles. The Morgan fingerprint density at radius 2 is 2.06 bits per heavy atom. The van der Waals surface area contributed by atoms with Gasteiger partial charge < -0.3 is 18.9 Å². The van der Waals surface area contributed by atoms with Gasteiger partial charge in [-0.05, 0) is 42.3 Å². The molecule has 1 amide bonds. The monoisotopic (exact) mass is 515 g/mol. The van der Waals surface area contributed by atoms with E-state index in [1.807, 2.05) is 18.2 Å². The third kappa shape index (κ3) is 5.38. The first-order valence-electron chi connectivity index (χ1n) is 11.4. The van der Waals surface area contributed by atoms with Crippen LogP contribution in [-0.4, -0.2) is 69.1 Å². The van der Waals surface area contributed by atoms with Crippen LogP contribution in [-0.2, 0) is 9.53 Å². The second-order valence-corrected chi connectivity index (χ2v) is 9.55. The molecule has 0 atom stereocenters. The predicted octanol–water partition coefficient (Wildman–Crippen LogP) is 4.46. The number of carbonyl (C=O) groups is 1. The predicted molar refractivity (Wildman–Crippen MR) is 137 cm³/mol. The van der Waals surface area contributed by atoms with Crippen LogP contribution >= 0.6 is 22.9 Å². The Morgan fingerprint density at radius 3 is 2.89 bits per heavy atom. The van der Waals surface area contributed by atoms with Gasteiger partial charge in [0, 0.05) is 32.3 Å². The van der Waals surface area contributed by atoms with Crippen molar-refractivity contribution in [1.82, 2.24) is 9.88 Å². The van der Waals surface area contributed by atoms with Crippen molar-refractivity contribution in [1.29, 1.82) is 0 Å². The van der Waals surface area contributed by atoms with Crippen molar-refractivity contribution in [3.8, 4) is 17.2 Å². The van der Waals surface area contributed by atoms with Gasteiger partial charge in [-0.2, -0.15) is 0 Å². The van der Waals surface area contributed by atoms with E-state index in [1.54, 1.807) is 36.3 Å². The zero-order valence-corrected chi connectivity index (χ0v) is 20.9. The standard InChI is InChI=1S/C25H26ClN3O5S/c1-31-20-7-5-18(26)24-23(20)27-25(35-24)29(10-2-9-28-11-13-32-14-12-28)22(30)8-4-17-3-6-19-21(15-17)34-16-33-19/h3-8,15H,2,9-14,16H2,1H3/b8-4+. The van der Waals surface area contributed by atoms with E-state index in [4.69, 9.17) is 35.5 Å². The van der Waals surface area contributed by atoms with Gasteiger partial charge in [0.1, 0.15) is 11.3 Å². The maximum atomic E-state index is 13.4. The number of anilines is 1. The number of hydrogen-bond acceptors (Lipinski definition) is 8. The number of fused-ring (bicyclic) bond motifs is 2. The number of methoxy groups -OCH3 is 1. The molecule has 2 aliphatic rings. The molecule has 0 aliphatic carbocycles. The van der Waals surface area contributed by atoms with Gasteiger partial charge in [0.15, 0.2) is 16.6 Å². The van der Waals surface area contributed by atoms with Gasteiger partial charge in [-0.1, -0.05) is 29.0 Å². The van der Waals surface area contributed by atoms with Crippen LogP contribution in [0.15, 0.2) is 36.4 Å². The lowest BCUT2D eigenvalue weighted by molar-refractivity contribution is -0.114. The van der Waals surface area contributed by atoms with Gasteiger partial charge in [-0.15, -0.1) is 0 Å². The summed E-state index contributed by atoms with van der Waals surface area (Å²) in [6.45, 7) is 4.93. The summed E-state index contributed by atoms with van der Waals surface area (Å²) in [6.07, 6.45) is 4.15. The van der Waals surface area contributed by atoms with E-state index in [1.165, 1.54) is 11.3 Å². The third-order valence-corrected chi connectivity index (χ3v) is 7.48. The highest BCUT2D eigenvalue weighted by molar-refractivity contribution is 7.23. The van der Waals surface area contributed by atoms with Crippen LogP contribution < -0.4 is 19.1 Å². The average Bonchev–Trinajstić information content (AvgIpc) is 3.54. The topological polar surface area (TPSA) is 73.4 Å². The highest BCUT2D eigenvalue weighted by atomic mass is 35.5. The Morgan fingerprint density at radius 1 is 1.23 bits per heavy atom. The molecule has 1 aromatic heterocycles. The summed E-state index contributed by atoms with van der Waals surface area (Å²) in [5.74, 6) is 1.86. The number of halogens is 1. The lowest BCUT2D eigenvalue weighted by Crippen LogP contribution is -2.39. The molecular weight excluding hydrogens is 490 g/mol. The summed E-state index contributed by atoms with van der Waals surface area (Å²) in [5.41, 5.74) is 1.51. The van der Waals surface area contributed by atoms with Gasteiger partial charge in [0.05, 0.1) is 30.0 Å². The molecule has 3 aromatic rings. The van der Waals surface area contributed by atoms with Crippen LogP contribution in [0.1, 0.15) is 12.0 Å². The van der Waals surface area contributed by atoms with Crippen molar-refractivity contribution in [3.63, 3.8) is 0 Å². The molecule has 3 heterocycles. The molecule has 35 heavy (non-hydrogen) atoms. The van der Waals surface area contributed by atoms with Gasteiger partial charge in [0.2, 0.25) is 6.79 Å². The zero-order chi connectivity index (χ0) is 24.2. The average molecular weight is 516 g/mol. The highest BCUT2D eigenvalue weighted by Crippen LogP contribution is 2.39. The first-order chi connectivity index (χ1) is 17.1. The number of thiazole rings is 1. The van der Waals surface area contributed by atoms with E-state index in [2.05, 4.69) is 4.90 Å². The minimum absolute atomic E-state index is 0.154. The molecule has 2 aliphatic heterocycles. The molecule has 5 rings (SSSR count). The van der Waals surface area contributed by atoms with Crippen molar-refractivity contribution in [2.45, 2.75) is 6.42 Å². The number of benzene rings is 2. The van der Waals surface area contributed by atoms with Crippen LogP contribution in [0.2, 0.25) is 5.02 Å². The van der Waals surface area contributed by atoms with Crippen LogP contribution in [0.25, 0.3) is 16.3 Å². The lowest BCUT2D eigenvalue weighted by Gasteiger charge is -2.27. The molecule has 0 N–H and O–H groups in total. The molecule has 1 saturated heterocycles. The van der Waals surface area contributed by atoms with Crippen molar-refractivity contribution in [2.24, 2.45) is 0 Å². The smallest absolute Gasteiger partial charge is 0.252 e. The molecule has 10 heteroatoms. The van der Waals surface area contributed by atoms with Crippen molar-refractivity contribution in [2.75, 3.05) is 58.2 Å². The number of carbonyl (C=O) groups excluding carboxylic acids is 1. The summed E-state index contributed by atoms with van der Waals surface area (Å²) in [5, 5.41) is 1.18. The van der Waals surface area contributed by atoms with Crippen LogP contribution in [0.3, 0.4) is 0 Å². The Balaban J connectivity index is 1.38. The molecule has 0 bridgehead atoms. The second kappa shape index (κ2) is 10.8. The molecule has 0 radical (unpaired) electrons. The number of morpholine rings is 1. The fraction of sp³-hybridized carbons (Fsp3) is 0.360. The van der Waals surface area contributed by atoms with Crippen molar-refractivity contribution in [3.05, 3.63) is 47.0 Å². The van der Waals surface area contributed by atoms with Gasteiger partial charge in [0.25, 0.3) is 5.91 Å². The van der Waals surface area contributed by atoms with Crippen LogP contribution in [0.4, 0.5) is 5.13 Å². The van der Waals surface area contributed by atoms with Crippen molar-refractivity contribution >= 4 is 50.3 Å². The first-order valence-corrected chi connectivity index (χ1v) is 12.6. The molecule has 0 unspecified atom stereocenters. The summed E-state index contributed by atoms with van der Waals surface area (Å²) in [7, 11) is 1.60. The van der Waals surface area contributed by atoms with E-state index >= 15 is 0 Å². The van der Waals surface area contributed by atoms with Gasteiger partial charge >= 0.3 is 0 Å². The number of amides is 1. The molecule has 0 spiro atoms. The minimum Gasteiger partial charge on any atom is -0.494 e. The summed E-state index contributed by atoms with van der Waals surface area (Å²) in [4.78, 5) is 22.2. The number of ether oxygens (including phenoxy) is 4. The van der Waals surface area contributed by atoms with Gasteiger partial charge in [-0.25, -0.2) is 4.98 Å². The third-order valence-electron chi connectivity index (χ3n) is 5.94. The largest absolute Gasteiger partial charge is 0.494 e. The quantitative estimate of drug-likeness (QED) is 0.410. The molecule has 8 nitrogen and oxygen atoms in total. The SMILES string of the molecule is COc1ccc(Cl)c2sc(N(CCCN3CCOCC3)C(=O)/C=C/c3ccc4c(c3)OCO4)nc12. The van der Waals surface area contributed by atoms with E-state index in [0.717, 1.165) is 49.5 Å². The first kappa shape index (κ1) is 23.9. The summed E-state index contributed by atoms with van der Waals surface area (Å²) in [6, 6.07) is 9.17. The van der Waals surface area contributed by atoms with E-state index < -0.39 is 0 Å². The summed E-state index contributed by atoms with van der Waals surface area (Å²) >= 11 is 7.83. The van der Waals surface area contributed by atoms with E-state index in [9.17, 15) is 4.79 Å². The highest BCUT2D eigenvalue weighted by Gasteiger charge is 2.21. The Hall–Kier alpha value is -2.85. The Kier molecular flexibility index (Phi) is 7.38. The molecular formula is C25H26ClN3O5S. The van der Waals surface area contributed by atoms with E-state index in [-0.39, 0.29) is 12.7 Å².